The normalized spacial score (nSPS) is 10.3. The Morgan fingerprint density at radius 1 is 1.29 bits per heavy atom. The summed E-state index contributed by atoms with van der Waals surface area (Å²) >= 11 is 0. The van der Waals surface area contributed by atoms with Gasteiger partial charge in [-0.1, -0.05) is 0 Å². The summed E-state index contributed by atoms with van der Waals surface area (Å²) in [5.74, 6) is 1.36. The Morgan fingerprint density at radius 2 is 2.12 bits per heavy atom. The summed E-state index contributed by atoms with van der Waals surface area (Å²) < 4.78 is 10.7. The van der Waals surface area contributed by atoms with Crippen LogP contribution in [0.5, 0.6) is 11.5 Å². The molecule has 5 heteroatoms. The topological polar surface area (TPSA) is 73.2 Å². The molecule has 0 aliphatic carbocycles. The maximum absolute atomic E-state index is 5.67. The van der Waals surface area contributed by atoms with Gasteiger partial charge >= 0.3 is 0 Å². The molecule has 1 heterocycles. The number of nitrogens with two attached hydrogens (primary N) is 1. The van der Waals surface area contributed by atoms with E-state index in [1.54, 1.807) is 26.6 Å². The maximum atomic E-state index is 5.67. The van der Waals surface area contributed by atoms with E-state index < -0.39 is 0 Å². The van der Waals surface area contributed by atoms with Crippen LogP contribution in [0.3, 0.4) is 0 Å². The molecule has 0 bridgehead atoms. The van der Waals surface area contributed by atoms with Crippen LogP contribution in [0.4, 0.5) is 0 Å². The quantitative estimate of drug-likeness (QED) is 0.840. The monoisotopic (exact) mass is 233 g/mol. The van der Waals surface area contributed by atoms with Gasteiger partial charge in [0.1, 0.15) is 0 Å². The van der Waals surface area contributed by atoms with Crippen LogP contribution in [0.25, 0.3) is 11.1 Å². The molecular formula is C12H15N3O2. The van der Waals surface area contributed by atoms with Gasteiger partial charge in [-0.3, -0.25) is 5.10 Å². The molecule has 0 saturated heterocycles. The summed E-state index contributed by atoms with van der Waals surface area (Å²) in [4.78, 5) is 0. The van der Waals surface area contributed by atoms with E-state index in [9.17, 15) is 0 Å². The minimum Gasteiger partial charge on any atom is -0.493 e. The Kier molecular flexibility index (Phi) is 3.30. The summed E-state index contributed by atoms with van der Waals surface area (Å²) in [7, 11) is 3.22. The van der Waals surface area contributed by atoms with Crippen molar-refractivity contribution in [3.05, 3.63) is 30.1 Å². The summed E-state index contributed by atoms with van der Waals surface area (Å²) in [5, 5.41) is 6.71. The van der Waals surface area contributed by atoms with Crippen LogP contribution >= 0.6 is 0 Å². The van der Waals surface area contributed by atoms with E-state index in [0.29, 0.717) is 18.0 Å². The van der Waals surface area contributed by atoms with E-state index in [-0.39, 0.29) is 0 Å². The molecule has 0 fully saturated rings. The smallest absolute Gasteiger partial charge is 0.168 e. The van der Waals surface area contributed by atoms with Crippen molar-refractivity contribution in [3.63, 3.8) is 0 Å². The number of hydrogen-bond acceptors (Lipinski definition) is 4. The van der Waals surface area contributed by atoms with Crippen molar-refractivity contribution >= 4 is 0 Å². The molecule has 0 spiro atoms. The Labute approximate surface area is 99.5 Å². The summed E-state index contributed by atoms with van der Waals surface area (Å²) in [6.07, 6.45) is 3.54. The van der Waals surface area contributed by atoms with Gasteiger partial charge in [0.25, 0.3) is 0 Å². The number of ether oxygens (including phenoxy) is 2. The number of rotatable bonds is 4. The molecule has 17 heavy (non-hydrogen) atoms. The van der Waals surface area contributed by atoms with Gasteiger partial charge in [-0.2, -0.15) is 5.10 Å². The van der Waals surface area contributed by atoms with Crippen LogP contribution < -0.4 is 15.2 Å². The van der Waals surface area contributed by atoms with E-state index in [1.807, 2.05) is 12.1 Å². The number of H-pyrrole nitrogens is 1. The van der Waals surface area contributed by atoms with Crippen LogP contribution in [0.15, 0.2) is 24.5 Å². The first-order chi connectivity index (χ1) is 8.30. The van der Waals surface area contributed by atoms with Gasteiger partial charge in [-0.15, -0.1) is 0 Å². The van der Waals surface area contributed by atoms with E-state index in [0.717, 1.165) is 16.7 Å². The van der Waals surface area contributed by atoms with E-state index >= 15 is 0 Å². The largest absolute Gasteiger partial charge is 0.493 e. The zero-order valence-corrected chi connectivity index (χ0v) is 9.86. The third kappa shape index (κ3) is 2.09. The number of aromatic amines is 1. The maximum Gasteiger partial charge on any atom is 0.168 e. The van der Waals surface area contributed by atoms with Crippen molar-refractivity contribution < 1.29 is 9.47 Å². The number of nitrogens with one attached hydrogen (secondary N) is 1. The second-order valence-electron chi connectivity index (χ2n) is 3.57. The van der Waals surface area contributed by atoms with Crippen molar-refractivity contribution in [1.29, 1.82) is 0 Å². The fourth-order valence-electron chi connectivity index (χ4n) is 1.75. The van der Waals surface area contributed by atoms with Crippen LogP contribution in [-0.2, 0) is 6.54 Å². The molecule has 5 nitrogen and oxygen atoms in total. The first-order valence-electron chi connectivity index (χ1n) is 5.24. The van der Waals surface area contributed by atoms with Gasteiger partial charge in [0.15, 0.2) is 11.5 Å². The average molecular weight is 233 g/mol. The van der Waals surface area contributed by atoms with Gasteiger partial charge in [0, 0.05) is 23.9 Å². The van der Waals surface area contributed by atoms with Gasteiger partial charge in [-0.05, 0) is 17.7 Å². The second kappa shape index (κ2) is 4.88. The van der Waals surface area contributed by atoms with Crippen LogP contribution in [-0.4, -0.2) is 24.4 Å². The van der Waals surface area contributed by atoms with Gasteiger partial charge in [-0.25, -0.2) is 0 Å². The number of hydrogen-bond donors (Lipinski definition) is 2. The lowest BCUT2D eigenvalue weighted by atomic mass is 10.0. The highest BCUT2D eigenvalue weighted by Gasteiger charge is 2.14. The lowest BCUT2D eigenvalue weighted by Gasteiger charge is -2.13. The molecule has 90 valence electrons. The third-order valence-corrected chi connectivity index (χ3v) is 2.58. The molecule has 0 amide bonds. The van der Waals surface area contributed by atoms with Crippen molar-refractivity contribution in [2.24, 2.45) is 5.73 Å². The molecule has 0 unspecified atom stereocenters. The summed E-state index contributed by atoms with van der Waals surface area (Å²) in [6, 6.07) is 3.86. The highest BCUT2D eigenvalue weighted by molar-refractivity contribution is 5.73. The first-order valence-corrected chi connectivity index (χ1v) is 5.24. The molecule has 3 N–H and O–H groups in total. The van der Waals surface area contributed by atoms with E-state index in [1.165, 1.54) is 0 Å². The fraction of sp³-hybridized carbons (Fsp3) is 0.250. The minimum atomic E-state index is 0.450. The zero-order valence-electron chi connectivity index (χ0n) is 9.86. The third-order valence-electron chi connectivity index (χ3n) is 2.58. The van der Waals surface area contributed by atoms with Crippen molar-refractivity contribution in [2.45, 2.75) is 6.54 Å². The molecule has 0 aliphatic rings. The molecule has 1 aromatic carbocycles. The first kappa shape index (κ1) is 11.5. The SMILES string of the molecule is COc1cc(CN)cc(-c2cn[nH]c2)c1OC. The second-order valence-corrected chi connectivity index (χ2v) is 3.57. The van der Waals surface area contributed by atoms with Crippen LogP contribution in [0.1, 0.15) is 5.56 Å². The predicted octanol–water partition coefficient (Wildman–Crippen LogP) is 1.55. The standard InChI is InChI=1S/C12H15N3O2/c1-16-11-4-8(5-13)3-10(12(11)17-2)9-6-14-15-7-9/h3-4,6-7H,5,13H2,1-2H3,(H,14,15). The Hall–Kier alpha value is -2.01. The Morgan fingerprint density at radius 3 is 2.65 bits per heavy atom. The molecule has 2 aromatic rings. The highest BCUT2D eigenvalue weighted by atomic mass is 16.5. The molecule has 2 rings (SSSR count). The van der Waals surface area contributed by atoms with Gasteiger partial charge < -0.3 is 15.2 Å². The predicted molar refractivity (Wildman–Crippen MR) is 65.0 cm³/mol. The lowest BCUT2D eigenvalue weighted by molar-refractivity contribution is 0.355. The highest BCUT2D eigenvalue weighted by Crippen LogP contribution is 2.38. The number of aromatic nitrogens is 2. The minimum absolute atomic E-state index is 0.450. The summed E-state index contributed by atoms with van der Waals surface area (Å²) in [6.45, 7) is 0.450. The average Bonchev–Trinajstić information content (AvgIpc) is 2.90. The van der Waals surface area contributed by atoms with Crippen LogP contribution in [0.2, 0.25) is 0 Å². The fourth-order valence-corrected chi connectivity index (χ4v) is 1.75. The summed E-state index contributed by atoms with van der Waals surface area (Å²) in [5.41, 5.74) is 8.51. The zero-order chi connectivity index (χ0) is 12.3. The van der Waals surface area contributed by atoms with Crippen molar-refractivity contribution in [1.82, 2.24) is 10.2 Å². The van der Waals surface area contributed by atoms with Gasteiger partial charge in [0.2, 0.25) is 0 Å². The number of nitrogens with zero attached hydrogens (tertiary/aromatic N) is 1. The molecule has 0 aliphatic heterocycles. The number of methoxy groups -OCH3 is 2. The molecule has 1 aromatic heterocycles. The van der Waals surface area contributed by atoms with E-state index in [4.69, 9.17) is 15.2 Å². The Bertz CT molecular complexity index is 495. The van der Waals surface area contributed by atoms with Crippen molar-refractivity contribution in [2.75, 3.05) is 14.2 Å². The molecular weight excluding hydrogens is 218 g/mol. The lowest BCUT2D eigenvalue weighted by Crippen LogP contribution is -2.00. The van der Waals surface area contributed by atoms with Gasteiger partial charge in [0.05, 0.1) is 20.4 Å². The van der Waals surface area contributed by atoms with E-state index in [2.05, 4.69) is 10.2 Å². The molecule has 0 atom stereocenters. The van der Waals surface area contributed by atoms with Crippen molar-refractivity contribution in [3.8, 4) is 22.6 Å². The van der Waals surface area contributed by atoms with Crippen LogP contribution in [0, 0.1) is 0 Å². The Balaban J connectivity index is 2.62. The molecule has 0 saturated carbocycles. The molecule has 0 radical (unpaired) electrons. The number of benzene rings is 1.